The van der Waals surface area contributed by atoms with Gasteiger partial charge in [0.05, 0.1) is 19.9 Å². The van der Waals surface area contributed by atoms with Crippen molar-refractivity contribution in [1.82, 2.24) is 15.7 Å². The Morgan fingerprint density at radius 3 is 2.25 bits per heavy atom. The molecule has 0 saturated carbocycles. The second-order valence-electron chi connectivity index (χ2n) is 9.62. The van der Waals surface area contributed by atoms with Gasteiger partial charge in [0.15, 0.2) is 0 Å². The lowest BCUT2D eigenvalue weighted by atomic mass is 9.95. The largest absolute Gasteiger partial charge is 0.497 e. The van der Waals surface area contributed by atoms with E-state index in [1.165, 1.54) is 12.0 Å². The standard InChI is InChI=1S/C31H35N3O6/c1-20-6-5-7-21(2)29(20)22-8-10-23(11-9-22)31(37)34-18-24(33-39-4)16-28(34)30(36)32-17-25(35)19-40-27-14-12-26(38-3)13-15-27/h5-15,18,25,28,33,35H,16-17,19H2,1-4H3,(H,32,36)/t25?,28-/m0/s1. The SMILES string of the molecule is CONC1=CN(C(=O)c2ccc(-c3c(C)cccc3C)cc2)[C@H](C(=O)NCC(O)COc2ccc(OC)cc2)C1. The molecule has 2 amide bonds. The van der Waals surface area contributed by atoms with E-state index in [-0.39, 0.29) is 25.5 Å². The van der Waals surface area contributed by atoms with Crippen molar-refractivity contribution in [3.8, 4) is 22.6 Å². The lowest BCUT2D eigenvalue weighted by Crippen LogP contribution is -2.47. The smallest absolute Gasteiger partial charge is 0.258 e. The Labute approximate surface area is 234 Å². The zero-order chi connectivity index (χ0) is 28.6. The summed E-state index contributed by atoms with van der Waals surface area (Å²) in [7, 11) is 3.04. The molecule has 0 fully saturated rings. The second kappa shape index (κ2) is 13.1. The lowest BCUT2D eigenvalue weighted by molar-refractivity contribution is -0.125. The molecular formula is C31H35N3O6. The summed E-state index contributed by atoms with van der Waals surface area (Å²) in [5.74, 6) is 0.559. The minimum absolute atomic E-state index is 0.0125. The second-order valence-corrected chi connectivity index (χ2v) is 9.62. The van der Waals surface area contributed by atoms with Crippen molar-refractivity contribution in [2.75, 3.05) is 27.4 Å². The Kier molecular flexibility index (Phi) is 9.42. The van der Waals surface area contributed by atoms with Crippen LogP contribution in [0.5, 0.6) is 11.5 Å². The highest BCUT2D eigenvalue weighted by atomic mass is 16.6. The van der Waals surface area contributed by atoms with Crippen molar-refractivity contribution in [3.63, 3.8) is 0 Å². The molecule has 4 rings (SSSR count). The number of methoxy groups -OCH3 is 1. The van der Waals surface area contributed by atoms with E-state index in [2.05, 4.69) is 36.8 Å². The number of hydroxylamine groups is 1. The number of hydrogen-bond donors (Lipinski definition) is 3. The first-order valence-corrected chi connectivity index (χ1v) is 13.0. The number of carbonyl (C=O) groups excluding carboxylic acids is 2. The number of hydrogen-bond acceptors (Lipinski definition) is 7. The van der Waals surface area contributed by atoms with Crippen LogP contribution in [-0.2, 0) is 9.63 Å². The average molecular weight is 546 g/mol. The quantitative estimate of drug-likeness (QED) is 0.315. The van der Waals surface area contributed by atoms with Crippen molar-refractivity contribution in [3.05, 3.63) is 95.3 Å². The summed E-state index contributed by atoms with van der Waals surface area (Å²) in [6.07, 6.45) is 0.877. The van der Waals surface area contributed by atoms with Gasteiger partial charge in [0.2, 0.25) is 5.91 Å². The molecule has 0 saturated heterocycles. The monoisotopic (exact) mass is 545 g/mol. The number of benzene rings is 3. The predicted molar refractivity (Wildman–Crippen MR) is 152 cm³/mol. The van der Waals surface area contributed by atoms with Crippen LogP contribution in [-0.4, -0.2) is 61.3 Å². The Morgan fingerprint density at radius 2 is 1.62 bits per heavy atom. The van der Waals surface area contributed by atoms with Crippen molar-refractivity contribution in [1.29, 1.82) is 0 Å². The number of amides is 2. The van der Waals surface area contributed by atoms with Crippen LogP contribution in [0.2, 0.25) is 0 Å². The summed E-state index contributed by atoms with van der Waals surface area (Å²) < 4.78 is 10.7. The number of nitrogens with zero attached hydrogens (tertiary/aromatic N) is 1. The maximum Gasteiger partial charge on any atom is 0.258 e. The topological polar surface area (TPSA) is 109 Å². The van der Waals surface area contributed by atoms with Crippen LogP contribution in [0.4, 0.5) is 0 Å². The number of aliphatic hydroxyl groups excluding tert-OH is 1. The van der Waals surface area contributed by atoms with Crippen LogP contribution in [0.3, 0.4) is 0 Å². The van der Waals surface area contributed by atoms with E-state index in [0.29, 0.717) is 22.8 Å². The highest BCUT2D eigenvalue weighted by molar-refractivity contribution is 5.99. The van der Waals surface area contributed by atoms with E-state index in [1.54, 1.807) is 49.7 Å². The number of aryl methyl sites for hydroxylation is 2. The Morgan fingerprint density at radius 1 is 0.975 bits per heavy atom. The molecule has 3 N–H and O–H groups in total. The zero-order valence-electron chi connectivity index (χ0n) is 23.1. The van der Waals surface area contributed by atoms with Crippen molar-refractivity contribution in [2.24, 2.45) is 0 Å². The van der Waals surface area contributed by atoms with E-state index < -0.39 is 18.1 Å². The first kappa shape index (κ1) is 28.7. The van der Waals surface area contributed by atoms with E-state index in [4.69, 9.17) is 14.3 Å². The summed E-state index contributed by atoms with van der Waals surface area (Å²) in [6.45, 7) is 4.07. The highest BCUT2D eigenvalue weighted by Gasteiger charge is 2.35. The molecule has 1 aliphatic heterocycles. The third-order valence-corrected chi connectivity index (χ3v) is 6.73. The minimum atomic E-state index is -0.946. The Balaban J connectivity index is 1.39. The number of ether oxygens (including phenoxy) is 2. The van der Waals surface area contributed by atoms with Gasteiger partial charge < -0.3 is 24.8 Å². The number of nitrogens with one attached hydrogen (secondary N) is 2. The van der Waals surface area contributed by atoms with Crippen molar-refractivity contribution >= 4 is 11.8 Å². The van der Waals surface area contributed by atoms with Gasteiger partial charge in [-0.15, -0.1) is 0 Å². The van der Waals surface area contributed by atoms with E-state index in [9.17, 15) is 14.7 Å². The Hall–Kier alpha value is -4.34. The number of carbonyl (C=O) groups is 2. The van der Waals surface area contributed by atoms with Crippen LogP contribution >= 0.6 is 0 Å². The van der Waals surface area contributed by atoms with Gasteiger partial charge in [-0.2, -0.15) is 0 Å². The molecule has 0 aromatic heterocycles. The fraction of sp³-hybridized carbons (Fsp3) is 0.290. The molecule has 3 aromatic carbocycles. The predicted octanol–water partition coefficient (Wildman–Crippen LogP) is 3.74. The van der Waals surface area contributed by atoms with Crippen molar-refractivity contribution < 1.29 is 29.0 Å². The molecular weight excluding hydrogens is 510 g/mol. The molecule has 0 aliphatic carbocycles. The van der Waals surface area contributed by atoms with Crippen LogP contribution in [0, 0.1) is 13.8 Å². The maximum atomic E-state index is 13.5. The average Bonchev–Trinajstić information content (AvgIpc) is 3.39. The molecule has 9 nitrogen and oxygen atoms in total. The molecule has 1 heterocycles. The number of aliphatic hydroxyl groups is 1. The van der Waals surface area contributed by atoms with Crippen molar-refractivity contribution in [2.45, 2.75) is 32.4 Å². The van der Waals surface area contributed by atoms with Gasteiger partial charge in [-0.05, 0) is 72.5 Å². The zero-order valence-corrected chi connectivity index (χ0v) is 23.1. The molecule has 0 spiro atoms. The normalized spacial score (nSPS) is 15.3. The summed E-state index contributed by atoms with van der Waals surface area (Å²) >= 11 is 0. The molecule has 0 bridgehead atoms. The van der Waals surface area contributed by atoms with E-state index in [1.807, 2.05) is 18.2 Å². The van der Waals surface area contributed by atoms with Gasteiger partial charge in [0, 0.05) is 24.7 Å². The molecule has 1 aliphatic rings. The van der Waals surface area contributed by atoms with Gasteiger partial charge in [0.25, 0.3) is 5.91 Å². The first-order chi connectivity index (χ1) is 19.3. The fourth-order valence-electron chi connectivity index (χ4n) is 4.69. The first-order valence-electron chi connectivity index (χ1n) is 13.0. The molecule has 0 radical (unpaired) electrons. The van der Waals surface area contributed by atoms with Crippen LogP contribution < -0.4 is 20.3 Å². The fourth-order valence-corrected chi connectivity index (χ4v) is 4.69. The molecule has 1 unspecified atom stereocenters. The molecule has 210 valence electrons. The third-order valence-electron chi connectivity index (χ3n) is 6.73. The molecule has 3 aromatic rings. The van der Waals surface area contributed by atoms with E-state index in [0.717, 1.165) is 22.3 Å². The van der Waals surface area contributed by atoms with Gasteiger partial charge in [-0.3, -0.25) is 19.9 Å². The van der Waals surface area contributed by atoms with E-state index >= 15 is 0 Å². The Bertz CT molecular complexity index is 1330. The highest BCUT2D eigenvalue weighted by Crippen LogP contribution is 2.29. The molecule has 9 heteroatoms. The summed E-state index contributed by atoms with van der Waals surface area (Å²) in [4.78, 5) is 33.0. The number of rotatable bonds is 11. The molecule has 2 atom stereocenters. The van der Waals surface area contributed by atoms with Gasteiger partial charge >= 0.3 is 0 Å². The van der Waals surface area contributed by atoms with Crippen LogP contribution in [0.1, 0.15) is 27.9 Å². The maximum absolute atomic E-state index is 13.5. The summed E-state index contributed by atoms with van der Waals surface area (Å²) in [5, 5.41) is 13.1. The summed E-state index contributed by atoms with van der Waals surface area (Å²) in [5.41, 5.74) is 8.25. The lowest BCUT2D eigenvalue weighted by Gasteiger charge is -2.23. The summed E-state index contributed by atoms with van der Waals surface area (Å²) in [6, 6.07) is 19.7. The minimum Gasteiger partial charge on any atom is -0.497 e. The van der Waals surface area contributed by atoms with Crippen LogP contribution in [0.15, 0.2) is 78.6 Å². The van der Waals surface area contributed by atoms with Gasteiger partial charge in [-0.1, -0.05) is 30.3 Å². The third kappa shape index (κ3) is 6.80. The van der Waals surface area contributed by atoms with Gasteiger partial charge in [-0.25, -0.2) is 0 Å². The van der Waals surface area contributed by atoms with Crippen LogP contribution in [0.25, 0.3) is 11.1 Å². The molecule has 40 heavy (non-hydrogen) atoms. The van der Waals surface area contributed by atoms with Gasteiger partial charge in [0.1, 0.15) is 30.3 Å².